The van der Waals surface area contributed by atoms with Gasteiger partial charge in [0.05, 0.1) is 17.1 Å². The molecule has 1 spiro atoms. The molecule has 2 atom stereocenters. The van der Waals surface area contributed by atoms with Crippen molar-refractivity contribution in [3.63, 3.8) is 0 Å². The quantitative estimate of drug-likeness (QED) is 0.710. The monoisotopic (exact) mass is 396 g/mol. The third-order valence-electron chi connectivity index (χ3n) is 5.86. The van der Waals surface area contributed by atoms with Crippen molar-refractivity contribution in [1.82, 2.24) is 0 Å². The first-order valence-electron chi connectivity index (χ1n) is 9.24. The highest BCUT2D eigenvalue weighted by atomic mass is 32.2. The van der Waals surface area contributed by atoms with Crippen LogP contribution in [0.5, 0.6) is 0 Å². The van der Waals surface area contributed by atoms with E-state index in [0.29, 0.717) is 21.7 Å². The summed E-state index contributed by atoms with van der Waals surface area (Å²) in [5.41, 5.74) is 0. The summed E-state index contributed by atoms with van der Waals surface area (Å²) in [5, 5.41) is 0. The summed E-state index contributed by atoms with van der Waals surface area (Å²) in [6, 6.07) is 3.19. The highest BCUT2D eigenvalue weighted by Gasteiger charge is 2.55. The molecule has 1 aromatic rings. The lowest BCUT2D eigenvalue weighted by Crippen LogP contribution is -2.48. The molecule has 2 aliphatic carbocycles. The lowest BCUT2D eigenvalue weighted by Gasteiger charge is -2.51. The SMILES string of the molecule is COC(=O)c1ccc(COC(=O)C2CC3CCCC(C2)C32SCCS2)o1. The van der Waals surface area contributed by atoms with Crippen LogP contribution in [0.25, 0.3) is 0 Å². The van der Waals surface area contributed by atoms with Crippen LogP contribution >= 0.6 is 23.5 Å². The van der Waals surface area contributed by atoms with Crippen LogP contribution in [0, 0.1) is 17.8 Å². The fourth-order valence-electron chi connectivity index (χ4n) is 4.73. The van der Waals surface area contributed by atoms with Crippen molar-refractivity contribution in [1.29, 1.82) is 0 Å². The summed E-state index contributed by atoms with van der Waals surface area (Å²) in [5.74, 6) is 3.67. The lowest BCUT2D eigenvalue weighted by molar-refractivity contribution is -0.153. The summed E-state index contributed by atoms with van der Waals surface area (Å²) in [6.45, 7) is 0.0658. The molecule has 2 heterocycles. The Labute approximate surface area is 161 Å². The Kier molecular flexibility index (Phi) is 5.28. The number of esters is 2. The van der Waals surface area contributed by atoms with Gasteiger partial charge < -0.3 is 13.9 Å². The number of carbonyl (C=O) groups excluding carboxylic acids is 2. The molecule has 2 saturated carbocycles. The average Bonchev–Trinajstić information content (AvgIpc) is 3.29. The topological polar surface area (TPSA) is 65.7 Å². The van der Waals surface area contributed by atoms with Gasteiger partial charge in [0.15, 0.2) is 0 Å². The largest absolute Gasteiger partial charge is 0.463 e. The number of rotatable bonds is 4. The predicted molar refractivity (Wildman–Crippen MR) is 101 cm³/mol. The highest BCUT2D eigenvalue weighted by Crippen LogP contribution is 2.64. The molecule has 2 unspecified atom stereocenters. The van der Waals surface area contributed by atoms with Crippen molar-refractivity contribution in [3.05, 3.63) is 23.7 Å². The second-order valence-corrected chi connectivity index (χ2v) is 10.3. The van der Waals surface area contributed by atoms with E-state index in [2.05, 4.69) is 28.3 Å². The van der Waals surface area contributed by atoms with Crippen molar-refractivity contribution >= 4 is 35.5 Å². The maximum absolute atomic E-state index is 12.6. The molecule has 1 aromatic heterocycles. The third-order valence-corrected chi connectivity index (χ3v) is 9.88. The zero-order valence-corrected chi connectivity index (χ0v) is 16.5. The zero-order valence-electron chi connectivity index (χ0n) is 14.9. The molecule has 4 rings (SSSR count). The summed E-state index contributed by atoms with van der Waals surface area (Å²) in [6.07, 6.45) is 5.66. The molecule has 142 valence electrons. The number of furan rings is 1. The normalized spacial score (nSPS) is 29.5. The van der Waals surface area contributed by atoms with Gasteiger partial charge in [0, 0.05) is 11.5 Å². The van der Waals surface area contributed by atoms with Gasteiger partial charge in [-0.3, -0.25) is 4.79 Å². The van der Waals surface area contributed by atoms with E-state index in [9.17, 15) is 9.59 Å². The minimum Gasteiger partial charge on any atom is -0.463 e. The lowest BCUT2D eigenvalue weighted by atomic mass is 9.67. The van der Waals surface area contributed by atoms with Gasteiger partial charge in [-0.1, -0.05) is 6.42 Å². The van der Waals surface area contributed by atoms with Crippen molar-refractivity contribution in [2.45, 2.75) is 42.8 Å². The molecule has 0 aromatic carbocycles. The Morgan fingerprint density at radius 2 is 1.88 bits per heavy atom. The minimum atomic E-state index is -0.528. The molecule has 5 nitrogen and oxygen atoms in total. The minimum absolute atomic E-state index is 0.00670. The fraction of sp³-hybridized carbons (Fsp3) is 0.684. The van der Waals surface area contributed by atoms with Gasteiger partial charge in [-0.05, 0) is 49.7 Å². The third kappa shape index (κ3) is 3.28. The Balaban J connectivity index is 1.36. The van der Waals surface area contributed by atoms with E-state index < -0.39 is 5.97 Å². The summed E-state index contributed by atoms with van der Waals surface area (Å²) >= 11 is 4.28. The van der Waals surface area contributed by atoms with Crippen molar-refractivity contribution < 1.29 is 23.5 Å². The van der Waals surface area contributed by atoms with Crippen molar-refractivity contribution in [2.75, 3.05) is 18.6 Å². The van der Waals surface area contributed by atoms with Crippen LogP contribution in [0.3, 0.4) is 0 Å². The number of hydrogen-bond donors (Lipinski definition) is 0. The predicted octanol–water partition coefficient (Wildman–Crippen LogP) is 4.11. The molecule has 7 heteroatoms. The molecule has 3 aliphatic rings. The average molecular weight is 397 g/mol. The number of ether oxygens (including phenoxy) is 2. The van der Waals surface area contributed by atoms with E-state index in [1.54, 1.807) is 6.07 Å². The first-order chi connectivity index (χ1) is 12.6. The molecule has 1 saturated heterocycles. The number of thioether (sulfide) groups is 2. The number of carbonyl (C=O) groups is 2. The van der Waals surface area contributed by atoms with Crippen LogP contribution < -0.4 is 0 Å². The molecule has 3 fully saturated rings. The van der Waals surface area contributed by atoms with Gasteiger partial charge in [-0.15, -0.1) is 23.5 Å². The van der Waals surface area contributed by atoms with Gasteiger partial charge >= 0.3 is 11.9 Å². The second kappa shape index (κ2) is 7.50. The Morgan fingerprint density at radius 1 is 1.19 bits per heavy atom. The first-order valence-corrected chi connectivity index (χ1v) is 11.2. The summed E-state index contributed by atoms with van der Waals surface area (Å²) in [7, 11) is 1.30. The van der Waals surface area contributed by atoms with E-state index in [1.807, 2.05) is 0 Å². The van der Waals surface area contributed by atoms with Crippen LogP contribution in [-0.4, -0.2) is 34.6 Å². The van der Waals surface area contributed by atoms with E-state index in [1.165, 1.54) is 43.9 Å². The first kappa shape index (κ1) is 18.3. The van der Waals surface area contributed by atoms with Gasteiger partial charge in [0.1, 0.15) is 12.4 Å². The maximum Gasteiger partial charge on any atom is 0.373 e. The van der Waals surface area contributed by atoms with Gasteiger partial charge in [0.25, 0.3) is 0 Å². The van der Waals surface area contributed by atoms with Crippen molar-refractivity contribution in [2.24, 2.45) is 17.8 Å². The molecular weight excluding hydrogens is 372 g/mol. The Morgan fingerprint density at radius 3 is 2.54 bits per heavy atom. The van der Waals surface area contributed by atoms with E-state index in [-0.39, 0.29) is 24.3 Å². The van der Waals surface area contributed by atoms with Gasteiger partial charge in [-0.2, -0.15) is 0 Å². The van der Waals surface area contributed by atoms with Crippen LogP contribution in [0.4, 0.5) is 0 Å². The van der Waals surface area contributed by atoms with Crippen molar-refractivity contribution in [3.8, 4) is 0 Å². The number of hydrogen-bond acceptors (Lipinski definition) is 7. The Hall–Kier alpha value is -1.08. The van der Waals surface area contributed by atoms with Crippen LogP contribution in [0.15, 0.2) is 16.5 Å². The van der Waals surface area contributed by atoms with E-state index >= 15 is 0 Å². The van der Waals surface area contributed by atoms with Gasteiger partial charge in [-0.25, -0.2) is 4.79 Å². The fourth-order valence-corrected chi connectivity index (χ4v) is 8.66. The Bertz CT molecular complexity index is 663. The molecule has 2 bridgehead atoms. The maximum atomic E-state index is 12.6. The van der Waals surface area contributed by atoms with Crippen LogP contribution in [-0.2, 0) is 20.9 Å². The second-order valence-electron chi connectivity index (χ2n) is 7.28. The molecule has 0 N–H and O–H groups in total. The van der Waals surface area contributed by atoms with Crippen LogP contribution in [0.1, 0.15) is 48.4 Å². The molecular formula is C19H24O5S2. The van der Waals surface area contributed by atoms with Crippen LogP contribution in [0.2, 0.25) is 0 Å². The molecule has 1 aliphatic heterocycles. The van der Waals surface area contributed by atoms with E-state index in [4.69, 9.17) is 9.15 Å². The zero-order chi connectivity index (χ0) is 18.1. The smallest absolute Gasteiger partial charge is 0.373 e. The number of methoxy groups -OCH3 is 1. The standard InChI is InChI=1S/C19H24O5S2/c1-22-18(21)16-6-5-15(24-16)11-23-17(20)12-9-13-3-2-4-14(10-12)19(13)25-7-8-26-19/h5-6,12-14H,2-4,7-11H2,1H3. The van der Waals surface area contributed by atoms with E-state index in [0.717, 1.165) is 12.8 Å². The molecule has 0 amide bonds. The van der Waals surface area contributed by atoms with Gasteiger partial charge in [0.2, 0.25) is 5.76 Å². The summed E-state index contributed by atoms with van der Waals surface area (Å²) < 4.78 is 15.9. The molecule has 26 heavy (non-hydrogen) atoms. The summed E-state index contributed by atoms with van der Waals surface area (Å²) in [4.78, 5) is 24.1. The highest BCUT2D eigenvalue weighted by molar-refractivity contribution is 8.21. The molecule has 0 radical (unpaired) electrons.